The number of aryl methyl sites for hydroxylation is 2. The molecular formula is C16H18ClN3O. The number of amides is 1. The maximum absolute atomic E-state index is 12.4. The third-order valence-corrected chi connectivity index (χ3v) is 3.44. The first kappa shape index (κ1) is 15.3. The molecule has 0 aliphatic rings. The largest absolute Gasteiger partial charge is 0.373 e. The molecule has 0 aliphatic carbocycles. The first-order valence-electron chi connectivity index (χ1n) is 6.79. The number of carbonyl (C=O) groups is 1. The van der Waals surface area contributed by atoms with Gasteiger partial charge in [-0.15, -0.1) is 0 Å². The van der Waals surface area contributed by atoms with Crippen LogP contribution in [0.25, 0.3) is 0 Å². The summed E-state index contributed by atoms with van der Waals surface area (Å²) in [6.07, 6.45) is 0.765. The Bertz CT molecular complexity index is 648. The molecule has 5 heteroatoms. The quantitative estimate of drug-likeness (QED) is 0.900. The van der Waals surface area contributed by atoms with Gasteiger partial charge in [-0.25, -0.2) is 4.98 Å². The van der Waals surface area contributed by atoms with Crippen molar-refractivity contribution in [3.05, 3.63) is 52.2 Å². The van der Waals surface area contributed by atoms with Crippen LogP contribution < -0.4 is 10.6 Å². The van der Waals surface area contributed by atoms with Gasteiger partial charge in [-0.1, -0.05) is 24.6 Å². The lowest BCUT2D eigenvalue weighted by atomic mass is 10.1. The molecule has 1 aromatic carbocycles. The molecule has 0 saturated carbocycles. The number of pyridine rings is 1. The van der Waals surface area contributed by atoms with Gasteiger partial charge in [0.15, 0.2) is 0 Å². The highest BCUT2D eigenvalue weighted by molar-refractivity contribution is 6.34. The second-order valence-corrected chi connectivity index (χ2v) is 5.18. The minimum atomic E-state index is -0.200. The van der Waals surface area contributed by atoms with Crippen LogP contribution >= 0.6 is 11.6 Å². The van der Waals surface area contributed by atoms with E-state index in [1.54, 1.807) is 25.2 Å². The van der Waals surface area contributed by atoms with Gasteiger partial charge in [0.05, 0.1) is 10.7 Å². The van der Waals surface area contributed by atoms with E-state index in [9.17, 15) is 4.79 Å². The summed E-state index contributed by atoms with van der Waals surface area (Å²) in [4.78, 5) is 16.7. The standard InChI is InChI=1S/C16H18ClN3O/c1-4-12-8-11(9-15(18-3)19-12)16(21)20-14-6-5-10(2)7-13(14)17/h5-9H,4H2,1-3H3,(H,18,19)(H,20,21). The summed E-state index contributed by atoms with van der Waals surface area (Å²) >= 11 is 6.14. The zero-order valence-corrected chi connectivity index (χ0v) is 13.1. The Morgan fingerprint density at radius 3 is 2.67 bits per heavy atom. The van der Waals surface area contributed by atoms with Crippen LogP contribution in [-0.4, -0.2) is 17.9 Å². The number of anilines is 2. The number of nitrogens with zero attached hydrogens (tertiary/aromatic N) is 1. The lowest BCUT2D eigenvalue weighted by Crippen LogP contribution is -2.13. The molecule has 2 N–H and O–H groups in total. The smallest absolute Gasteiger partial charge is 0.255 e. The van der Waals surface area contributed by atoms with Crippen LogP contribution in [0.15, 0.2) is 30.3 Å². The van der Waals surface area contributed by atoms with E-state index in [4.69, 9.17) is 11.6 Å². The Hall–Kier alpha value is -2.07. The zero-order valence-electron chi connectivity index (χ0n) is 12.3. The molecular weight excluding hydrogens is 286 g/mol. The Morgan fingerprint density at radius 1 is 1.29 bits per heavy atom. The van der Waals surface area contributed by atoms with Crippen LogP contribution in [0.4, 0.5) is 11.5 Å². The van der Waals surface area contributed by atoms with Gasteiger partial charge in [-0.05, 0) is 43.2 Å². The van der Waals surface area contributed by atoms with Crippen LogP contribution in [-0.2, 0) is 6.42 Å². The minimum Gasteiger partial charge on any atom is -0.373 e. The monoisotopic (exact) mass is 303 g/mol. The lowest BCUT2D eigenvalue weighted by molar-refractivity contribution is 0.102. The molecule has 0 aliphatic heterocycles. The third kappa shape index (κ3) is 3.73. The van der Waals surface area contributed by atoms with Gasteiger partial charge >= 0.3 is 0 Å². The first-order valence-corrected chi connectivity index (χ1v) is 7.17. The van der Waals surface area contributed by atoms with E-state index in [2.05, 4.69) is 15.6 Å². The molecule has 1 amide bonds. The highest BCUT2D eigenvalue weighted by Crippen LogP contribution is 2.23. The number of nitrogens with one attached hydrogen (secondary N) is 2. The zero-order chi connectivity index (χ0) is 15.4. The van der Waals surface area contributed by atoms with Gasteiger partial charge in [0.1, 0.15) is 5.82 Å². The van der Waals surface area contributed by atoms with Crippen LogP contribution in [0.5, 0.6) is 0 Å². The second-order valence-electron chi connectivity index (χ2n) is 4.77. The maximum Gasteiger partial charge on any atom is 0.255 e. The summed E-state index contributed by atoms with van der Waals surface area (Å²) in [7, 11) is 1.78. The van der Waals surface area contributed by atoms with Gasteiger partial charge < -0.3 is 10.6 Å². The molecule has 2 aromatic rings. The molecule has 0 spiro atoms. The minimum absolute atomic E-state index is 0.200. The van der Waals surface area contributed by atoms with Gasteiger partial charge in [0.2, 0.25) is 0 Å². The highest BCUT2D eigenvalue weighted by Gasteiger charge is 2.11. The number of rotatable bonds is 4. The molecule has 0 saturated heterocycles. The third-order valence-electron chi connectivity index (χ3n) is 3.13. The van der Waals surface area contributed by atoms with Crippen LogP contribution in [0.2, 0.25) is 5.02 Å². The number of carbonyl (C=O) groups excluding carboxylic acids is 1. The first-order chi connectivity index (χ1) is 10.0. The molecule has 0 bridgehead atoms. The van der Waals surface area contributed by atoms with E-state index in [0.29, 0.717) is 22.1 Å². The van der Waals surface area contributed by atoms with Crippen molar-refractivity contribution >= 4 is 29.0 Å². The second kappa shape index (κ2) is 6.59. The predicted octanol–water partition coefficient (Wildman–Crippen LogP) is 3.90. The summed E-state index contributed by atoms with van der Waals surface area (Å²) in [5.41, 5.74) is 3.07. The molecule has 0 atom stereocenters. The van der Waals surface area contributed by atoms with Crippen molar-refractivity contribution in [3.8, 4) is 0 Å². The van der Waals surface area contributed by atoms with Crippen molar-refractivity contribution in [2.24, 2.45) is 0 Å². The van der Waals surface area contributed by atoms with Gasteiger partial charge in [-0.2, -0.15) is 0 Å². The fourth-order valence-corrected chi connectivity index (χ4v) is 2.23. The van der Waals surface area contributed by atoms with Gasteiger partial charge in [0, 0.05) is 18.3 Å². The Labute approximate surface area is 129 Å². The summed E-state index contributed by atoms with van der Waals surface area (Å²) in [6.45, 7) is 3.95. The number of aromatic nitrogens is 1. The number of halogens is 1. The summed E-state index contributed by atoms with van der Waals surface area (Å²) in [5, 5.41) is 6.32. The number of hydrogen-bond donors (Lipinski definition) is 2. The Balaban J connectivity index is 2.27. The van der Waals surface area contributed by atoms with E-state index >= 15 is 0 Å². The maximum atomic E-state index is 12.4. The predicted molar refractivity (Wildman–Crippen MR) is 87.3 cm³/mol. The van der Waals surface area contributed by atoms with E-state index in [-0.39, 0.29) is 5.91 Å². The van der Waals surface area contributed by atoms with Crippen molar-refractivity contribution in [1.82, 2.24) is 4.98 Å². The fraction of sp³-hybridized carbons (Fsp3) is 0.250. The topological polar surface area (TPSA) is 54.0 Å². The van der Waals surface area contributed by atoms with Crippen LogP contribution in [0.1, 0.15) is 28.5 Å². The average Bonchev–Trinajstić information content (AvgIpc) is 2.49. The Kier molecular flexibility index (Phi) is 4.81. The molecule has 110 valence electrons. The normalized spacial score (nSPS) is 10.3. The summed E-state index contributed by atoms with van der Waals surface area (Å²) in [6, 6.07) is 9.04. The van der Waals surface area contributed by atoms with E-state index < -0.39 is 0 Å². The average molecular weight is 304 g/mol. The van der Waals surface area contributed by atoms with Crippen LogP contribution in [0, 0.1) is 6.92 Å². The molecule has 0 fully saturated rings. The van der Waals surface area contributed by atoms with Crippen molar-refractivity contribution in [1.29, 1.82) is 0 Å². The summed E-state index contributed by atoms with van der Waals surface area (Å²) in [5.74, 6) is 0.476. The molecule has 0 radical (unpaired) electrons. The van der Waals surface area contributed by atoms with Gasteiger partial charge in [0.25, 0.3) is 5.91 Å². The molecule has 2 rings (SSSR count). The molecule has 21 heavy (non-hydrogen) atoms. The van der Waals surface area contributed by atoms with E-state index in [1.807, 2.05) is 26.0 Å². The molecule has 1 heterocycles. The SMILES string of the molecule is CCc1cc(C(=O)Nc2ccc(C)cc2Cl)cc(NC)n1. The van der Waals surface area contributed by atoms with Crippen molar-refractivity contribution < 1.29 is 4.79 Å². The van der Waals surface area contributed by atoms with Crippen molar-refractivity contribution in [2.45, 2.75) is 20.3 Å². The molecule has 0 unspecified atom stereocenters. The summed E-state index contributed by atoms with van der Waals surface area (Å²) < 4.78 is 0. The van der Waals surface area contributed by atoms with Crippen molar-refractivity contribution in [2.75, 3.05) is 17.7 Å². The molecule has 4 nitrogen and oxygen atoms in total. The van der Waals surface area contributed by atoms with E-state index in [0.717, 1.165) is 17.7 Å². The van der Waals surface area contributed by atoms with Gasteiger partial charge in [-0.3, -0.25) is 4.79 Å². The highest BCUT2D eigenvalue weighted by atomic mass is 35.5. The Morgan fingerprint density at radius 2 is 2.05 bits per heavy atom. The molecule has 1 aromatic heterocycles. The van der Waals surface area contributed by atoms with E-state index in [1.165, 1.54) is 0 Å². The fourth-order valence-electron chi connectivity index (χ4n) is 1.94. The number of benzene rings is 1. The number of hydrogen-bond acceptors (Lipinski definition) is 3. The van der Waals surface area contributed by atoms with Crippen molar-refractivity contribution in [3.63, 3.8) is 0 Å². The lowest BCUT2D eigenvalue weighted by Gasteiger charge is -2.10. The van der Waals surface area contributed by atoms with Crippen LogP contribution in [0.3, 0.4) is 0 Å².